The van der Waals surface area contributed by atoms with E-state index in [4.69, 9.17) is 0 Å². The number of hydrogen-bond acceptors (Lipinski definition) is 4. The number of aliphatic hydroxyl groups is 1. The summed E-state index contributed by atoms with van der Waals surface area (Å²) < 4.78 is 29.3. The summed E-state index contributed by atoms with van der Waals surface area (Å²) in [5, 5.41) is 15.5. The fourth-order valence-corrected chi connectivity index (χ4v) is 3.45. The molecule has 25 heavy (non-hydrogen) atoms. The maximum atomic E-state index is 14.5. The van der Waals surface area contributed by atoms with Crippen LogP contribution < -0.4 is 0 Å². The van der Waals surface area contributed by atoms with Crippen molar-refractivity contribution in [3.63, 3.8) is 0 Å². The second-order valence-electron chi connectivity index (χ2n) is 6.64. The number of likely N-dealkylation sites (tertiary alicyclic amines) is 1. The Balaban J connectivity index is 2.00. The van der Waals surface area contributed by atoms with Gasteiger partial charge in [0.1, 0.15) is 29.9 Å². The maximum absolute atomic E-state index is 14.5. The number of piperidine rings is 1. The van der Waals surface area contributed by atoms with Gasteiger partial charge >= 0.3 is 0 Å². The van der Waals surface area contributed by atoms with Crippen molar-refractivity contribution in [2.75, 3.05) is 13.1 Å². The molecule has 0 saturated carbocycles. The van der Waals surface area contributed by atoms with E-state index < -0.39 is 23.3 Å². The van der Waals surface area contributed by atoms with E-state index >= 15 is 0 Å². The summed E-state index contributed by atoms with van der Waals surface area (Å²) in [4.78, 5) is 5.95. The molecule has 134 valence electrons. The van der Waals surface area contributed by atoms with Gasteiger partial charge < -0.3 is 5.11 Å². The smallest absolute Gasteiger partial charge is 0.137 e. The van der Waals surface area contributed by atoms with Crippen LogP contribution in [0.3, 0.4) is 0 Å². The SMILES string of the molecule is C=C1CCCN(C(C)C(O)(Cn2cncn2)c2ccc(F)cc2F)C1. The molecule has 1 fully saturated rings. The lowest BCUT2D eigenvalue weighted by molar-refractivity contribution is -0.0641. The highest BCUT2D eigenvalue weighted by atomic mass is 19.1. The molecule has 0 radical (unpaired) electrons. The fourth-order valence-electron chi connectivity index (χ4n) is 3.45. The third kappa shape index (κ3) is 3.62. The van der Waals surface area contributed by atoms with Gasteiger partial charge in [-0.05, 0) is 32.4 Å². The van der Waals surface area contributed by atoms with Crippen LogP contribution in [0.1, 0.15) is 25.3 Å². The van der Waals surface area contributed by atoms with Crippen LogP contribution in [0.25, 0.3) is 0 Å². The number of halogens is 2. The van der Waals surface area contributed by atoms with E-state index in [-0.39, 0.29) is 12.1 Å². The fraction of sp³-hybridized carbons (Fsp3) is 0.444. The predicted molar refractivity (Wildman–Crippen MR) is 89.7 cm³/mol. The van der Waals surface area contributed by atoms with Crippen molar-refractivity contribution in [3.05, 3.63) is 60.2 Å². The second kappa shape index (κ2) is 7.01. The van der Waals surface area contributed by atoms with Gasteiger partial charge in [-0.2, -0.15) is 5.10 Å². The van der Waals surface area contributed by atoms with E-state index in [0.717, 1.165) is 37.1 Å². The molecule has 1 aromatic carbocycles. The zero-order valence-electron chi connectivity index (χ0n) is 14.2. The number of benzene rings is 1. The summed E-state index contributed by atoms with van der Waals surface area (Å²) >= 11 is 0. The van der Waals surface area contributed by atoms with E-state index in [1.807, 2.05) is 6.92 Å². The molecule has 1 aliphatic heterocycles. The molecule has 0 spiro atoms. The van der Waals surface area contributed by atoms with Gasteiger partial charge in [0.2, 0.25) is 0 Å². The Labute approximate surface area is 145 Å². The first-order valence-electron chi connectivity index (χ1n) is 8.31. The zero-order valence-corrected chi connectivity index (χ0v) is 14.2. The standard InChI is InChI=1S/C18H22F2N4O/c1-13-4-3-7-23(9-13)14(2)18(25,10-24-12-21-11-22-24)16-6-5-15(19)8-17(16)20/h5-6,8,11-12,14,25H,1,3-4,7,9-10H2,2H3. The molecule has 0 aliphatic carbocycles. The van der Waals surface area contributed by atoms with Crippen LogP contribution in [0.2, 0.25) is 0 Å². The molecule has 0 bridgehead atoms. The lowest BCUT2D eigenvalue weighted by atomic mass is 9.84. The number of nitrogens with zero attached hydrogens (tertiary/aromatic N) is 4. The molecule has 2 aromatic rings. The summed E-state index contributed by atoms with van der Waals surface area (Å²) in [5.74, 6) is -1.45. The van der Waals surface area contributed by atoms with E-state index in [9.17, 15) is 13.9 Å². The normalized spacial score (nSPS) is 19.6. The van der Waals surface area contributed by atoms with Gasteiger partial charge in [0.15, 0.2) is 0 Å². The number of rotatable bonds is 5. The first kappa shape index (κ1) is 17.7. The Morgan fingerprint density at radius 2 is 2.20 bits per heavy atom. The van der Waals surface area contributed by atoms with Crippen molar-refractivity contribution >= 4 is 0 Å². The van der Waals surface area contributed by atoms with Crippen LogP contribution in [0, 0.1) is 11.6 Å². The summed E-state index contributed by atoms with van der Waals surface area (Å²) in [6.45, 7) is 7.31. The van der Waals surface area contributed by atoms with Gasteiger partial charge in [0.25, 0.3) is 0 Å². The van der Waals surface area contributed by atoms with Crippen molar-refractivity contribution in [3.8, 4) is 0 Å². The van der Waals surface area contributed by atoms with Crippen LogP contribution in [-0.2, 0) is 12.1 Å². The molecular weight excluding hydrogens is 326 g/mol. The quantitative estimate of drug-likeness (QED) is 0.844. The monoisotopic (exact) mass is 348 g/mol. The van der Waals surface area contributed by atoms with E-state index in [2.05, 4.69) is 21.6 Å². The van der Waals surface area contributed by atoms with Gasteiger partial charge in [0, 0.05) is 24.2 Å². The Morgan fingerprint density at radius 3 is 2.84 bits per heavy atom. The van der Waals surface area contributed by atoms with Gasteiger partial charge in [-0.1, -0.05) is 18.2 Å². The molecule has 5 nitrogen and oxygen atoms in total. The molecule has 3 rings (SSSR count). The Hall–Kier alpha value is -2.12. The van der Waals surface area contributed by atoms with Gasteiger partial charge in [-0.25, -0.2) is 18.4 Å². The zero-order chi connectivity index (χ0) is 18.0. The minimum Gasteiger partial charge on any atom is -0.381 e. The second-order valence-corrected chi connectivity index (χ2v) is 6.64. The van der Waals surface area contributed by atoms with Crippen LogP contribution in [0.15, 0.2) is 43.0 Å². The summed E-state index contributed by atoms with van der Waals surface area (Å²) in [7, 11) is 0. The molecule has 2 heterocycles. The predicted octanol–water partition coefficient (Wildman–Crippen LogP) is 2.48. The average Bonchev–Trinajstić information content (AvgIpc) is 3.06. The van der Waals surface area contributed by atoms with E-state index in [1.54, 1.807) is 0 Å². The Bertz CT molecular complexity index is 750. The van der Waals surface area contributed by atoms with Crippen molar-refractivity contribution in [1.82, 2.24) is 19.7 Å². The summed E-state index contributed by atoms with van der Waals surface area (Å²) in [6.07, 6.45) is 4.72. The summed E-state index contributed by atoms with van der Waals surface area (Å²) in [6, 6.07) is 2.83. The largest absolute Gasteiger partial charge is 0.381 e. The third-order valence-electron chi connectivity index (χ3n) is 4.91. The van der Waals surface area contributed by atoms with Crippen molar-refractivity contribution in [1.29, 1.82) is 0 Å². The highest BCUT2D eigenvalue weighted by Gasteiger charge is 2.42. The molecule has 2 atom stereocenters. The third-order valence-corrected chi connectivity index (χ3v) is 4.91. The summed E-state index contributed by atoms with van der Waals surface area (Å²) in [5.41, 5.74) is -0.461. The lowest BCUT2D eigenvalue weighted by Crippen LogP contribution is -2.53. The Morgan fingerprint density at radius 1 is 1.40 bits per heavy atom. The number of hydrogen-bond donors (Lipinski definition) is 1. The van der Waals surface area contributed by atoms with E-state index in [0.29, 0.717) is 6.54 Å². The molecule has 2 unspecified atom stereocenters. The average molecular weight is 348 g/mol. The first-order valence-corrected chi connectivity index (χ1v) is 8.31. The van der Waals surface area contributed by atoms with Crippen LogP contribution in [0.4, 0.5) is 8.78 Å². The van der Waals surface area contributed by atoms with Crippen LogP contribution in [-0.4, -0.2) is 43.9 Å². The van der Waals surface area contributed by atoms with Crippen molar-refractivity contribution in [2.24, 2.45) is 0 Å². The topological polar surface area (TPSA) is 54.2 Å². The van der Waals surface area contributed by atoms with Gasteiger partial charge in [-0.3, -0.25) is 4.90 Å². The van der Waals surface area contributed by atoms with E-state index in [1.165, 1.54) is 23.4 Å². The van der Waals surface area contributed by atoms with Crippen molar-refractivity contribution in [2.45, 2.75) is 38.0 Å². The lowest BCUT2D eigenvalue weighted by Gasteiger charge is -2.43. The highest BCUT2D eigenvalue weighted by molar-refractivity contribution is 5.27. The Kier molecular flexibility index (Phi) is 4.96. The minimum absolute atomic E-state index is 0.0136. The molecule has 0 amide bonds. The van der Waals surface area contributed by atoms with Crippen molar-refractivity contribution < 1.29 is 13.9 Å². The highest BCUT2D eigenvalue weighted by Crippen LogP contribution is 2.34. The molecule has 7 heteroatoms. The molecular formula is C18H22F2N4O. The minimum atomic E-state index is -1.59. The molecule has 1 aromatic heterocycles. The molecule has 1 aliphatic rings. The number of aromatic nitrogens is 3. The van der Waals surface area contributed by atoms with Crippen LogP contribution >= 0.6 is 0 Å². The first-order chi connectivity index (χ1) is 11.9. The van der Waals surface area contributed by atoms with Gasteiger partial charge in [0.05, 0.1) is 6.54 Å². The molecule has 1 N–H and O–H groups in total. The van der Waals surface area contributed by atoms with Gasteiger partial charge in [-0.15, -0.1) is 0 Å². The van der Waals surface area contributed by atoms with Crippen LogP contribution in [0.5, 0.6) is 0 Å². The maximum Gasteiger partial charge on any atom is 0.137 e. The molecule has 1 saturated heterocycles.